The van der Waals surface area contributed by atoms with E-state index >= 15 is 0 Å². The highest BCUT2D eigenvalue weighted by Crippen LogP contribution is 2.18. The number of hydrogen-bond acceptors (Lipinski definition) is 3. The second-order valence-electron chi connectivity index (χ2n) is 5.26. The Labute approximate surface area is 139 Å². The number of carbonyl (C=O) groups is 1. The fourth-order valence-electron chi connectivity index (χ4n) is 2.32. The van der Waals surface area contributed by atoms with E-state index in [4.69, 9.17) is 0 Å². The molecule has 3 aromatic carbocycles. The molecule has 0 heterocycles. The summed E-state index contributed by atoms with van der Waals surface area (Å²) in [5.74, 6) is -0.886. The first kappa shape index (κ1) is 16.3. The average Bonchev–Trinajstić information content (AvgIpc) is 2.60. The van der Waals surface area contributed by atoms with Gasteiger partial charge in [0.25, 0.3) is 0 Å². The molecule has 0 spiro atoms. The average molecular weight is 343 g/mol. The van der Waals surface area contributed by atoms with Crippen molar-refractivity contribution in [2.75, 3.05) is 6.54 Å². The van der Waals surface area contributed by atoms with E-state index in [0.29, 0.717) is 0 Å². The van der Waals surface area contributed by atoms with Crippen LogP contribution in [0.15, 0.2) is 71.6 Å². The molecule has 0 aliphatic rings. The monoisotopic (exact) mass is 343 g/mol. The minimum atomic E-state index is -3.81. The van der Waals surface area contributed by atoms with Crippen LogP contribution < -0.4 is 4.72 Å². The standard InChI is InChI=1S/C18H14FNO3S/c19-16-8-5-14(6-9-16)18(21)12-20-24(22,23)17-10-7-13-3-1-2-4-15(13)11-17/h1-11,20H,12H2. The molecule has 122 valence electrons. The van der Waals surface area contributed by atoms with Crippen molar-refractivity contribution in [3.63, 3.8) is 0 Å². The number of nitrogens with one attached hydrogen (secondary N) is 1. The number of hydrogen-bond donors (Lipinski definition) is 1. The summed E-state index contributed by atoms with van der Waals surface area (Å²) in [6.07, 6.45) is 0. The smallest absolute Gasteiger partial charge is 0.241 e. The van der Waals surface area contributed by atoms with Crippen molar-refractivity contribution < 1.29 is 17.6 Å². The number of ketones is 1. The van der Waals surface area contributed by atoms with Crippen LogP contribution in [0.4, 0.5) is 4.39 Å². The molecular formula is C18H14FNO3S. The second-order valence-corrected chi connectivity index (χ2v) is 7.03. The molecular weight excluding hydrogens is 329 g/mol. The van der Waals surface area contributed by atoms with E-state index in [0.717, 1.165) is 22.9 Å². The molecule has 0 bridgehead atoms. The lowest BCUT2D eigenvalue weighted by atomic mass is 10.1. The molecule has 0 aliphatic heterocycles. The highest BCUT2D eigenvalue weighted by Gasteiger charge is 2.16. The topological polar surface area (TPSA) is 63.2 Å². The summed E-state index contributed by atoms with van der Waals surface area (Å²) in [4.78, 5) is 12.1. The Morgan fingerprint density at radius 2 is 1.58 bits per heavy atom. The molecule has 0 aromatic heterocycles. The van der Waals surface area contributed by atoms with Gasteiger partial charge in [0.05, 0.1) is 11.4 Å². The molecule has 0 aliphatic carbocycles. The third-order valence-electron chi connectivity index (χ3n) is 3.62. The molecule has 0 fully saturated rings. The van der Waals surface area contributed by atoms with Crippen molar-refractivity contribution in [2.45, 2.75) is 4.90 Å². The number of sulfonamides is 1. The highest BCUT2D eigenvalue weighted by atomic mass is 32.2. The minimum absolute atomic E-state index is 0.0908. The van der Waals surface area contributed by atoms with Gasteiger partial charge in [-0.15, -0.1) is 0 Å². The van der Waals surface area contributed by atoms with Crippen molar-refractivity contribution >= 4 is 26.6 Å². The third-order valence-corrected chi connectivity index (χ3v) is 5.02. The number of Topliss-reactive ketones (excluding diaryl/α,β-unsaturated/α-hetero) is 1. The summed E-state index contributed by atoms with van der Waals surface area (Å²) in [6, 6.07) is 17.1. The van der Waals surface area contributed by atoms with E-state index in [1.807, 2.05) is 24.3 Å². The molecule has 0 saturated heterocycles. The van der Waals surface area contributed by atoms with Gasteiger partial charge in [0.15, 0.2) is 5.78 Å². The number of benzene rings is 3. The van der Waals surface area contributed by atoms with Gasteiger partial charge in [0, 0.05) is 5.56 Å². The summed E-state index contributed by atoms with van der Waals surface area (Å²) in [7, 11) is -3.81. The van der Waals surface area contributed by atoms with Crippen LogP contribution in [0.25, 0.3) is 10.8 Å². The maximum Gasteiger partial charge on any atom is 0.241 e. The number of halogens is 1. The first-order valence-corrected chi connectivity index (χ1v) is 8.71. The molecule has 24 heavy (non-hydrogen) atoms. The van der Waals surface area contributed by atoms with Crippen LogP contribution in [-0.2, 0) is 10.0 Å². The van der Waals surface area contributed by atoms with Gasteiger partial charge in [0.1, 0.15) is 5.82 Å². The molecule has 3 rings (SSSR count). The predicted molar refractivity (Wildman–Crippen MR) is 89.9 cm³/mol. The third kappa shape index (κ3) is 3.50. The summed E-state index contributed by atoms with van der Waals surface area (Å²) < 4.78 is 39.8. The van der Waals surface area contributed by atoms with E-state index in [2.05, 4.69) is 4.72 Å². The van der Waals surface area contributed by atoms with Crippen LogP contribution in [0.3, 0.4) is 0 Å². The molecule has 0 saturated carbocycles. The second kappa shape index (κ2) is 6.51. The zero-order valence-corrected chi connectivity index (χ0v) is 13.4. The minimum Gasteiger partial charge on any atom is -0.293 e. The molecule has 0 radical (unpaired) electrons. The largest absolute Gasteiger partial charge is 0.293 e. The molecule has 1 N–H and O–H groups in total. The Hall–Kier alpha value is -2.57. The van der Waals surface area contributed by atoms with Crippen LogP contribution in [-0.4, -0.2) is 20.7 Å². The number of rotatable bonds is 5. The quantitative estimate of drug-likeness (QED) is 0.724. The number of carbonyl (C=O) groups excluding carboxylic acids is 1. The maximum atomic E-state index is 12.9. The Kier molecular flexibility index (Phi) is 4.42. The highest BCUT2D eigenvalue weighted by molar-refractivity contribution is 7.89. The molecule has 4 nitrogen and oxygen atoms in total. The predicted octanol–water partition coefficient (Wildman–Crippen LogP) is 3.14. The van der Waals surface area contributed by atoms with Crippen molar-refractivity contribution in [3.05, 3.63) is 78.1 Å². The first-order valence-electron chi connectivity index (χ1n) is 7.23. The van der Waals surface area contributed by atoms with Crippen LogP contribution >= 0.6 is 0 Å². The Morgan fingerprint density at radius 1 is 0.917 bits per heavy atom. The molecule has 6 heteroatoms. The summed E-state index contributed by atoms with van der Waals surface area (Å²) >= 11 is 0. The zero-order chi connectivity index (χ0) is 17.2. The van der Waals surface area contributed by atoms with Crippen molar-refractivity contribution in [1.82, 2.24) is 4.72 Å². The maximum absolute atomic E-state index is 12.9. The normalized spacial score (nSPS) is 11.5. The van der Waals surface area contributed by atoms with Gasteiger partial charge >= 0.3 is 0 Å². The number of fused-ring (bicyclic) bond motifs is 1. The lowest BCUT2D eigenvalue weighted by molar-refractivity contribution is 0.0997. The lowest BCUT2D eigenvalue weighted by Gasteiger charge is -2.07. The van der Waals surface area contributed by atoms with Crippen molar-refractivity contribution in [3.8, 4) is 0 Å². The first-order chi connectivity index (χ1) is 11.5. The van der Waals surface area contributed by atoms with Gasteiger partial charge in [-0.05, 0) is 47.2 Å². The van der Waals surface area contributed by atoms with Crippen LogP contribution in [0.2, 0.25) is 0 Å². The van der Waals surface area contributed by atoms with E-state index in [9.17, 15) is 17.6 Å². The van der Waals surface area contributed by atoms with Gasteiger partial charge < -0.3 is 0 Å². The van der Waals surface area contributed by atoms with E-state index in [-0.39, 0.29) is 17.0 Å². The van der Waals surface area contributed by atoms with Gasteiger partial charge in [-0.2, -0.15) is 0 Å². The van der Waals surface area contributed by atoms with Gasteiger partial charge in [-0.1, -0.05) is 30.3 Å². The summed E-state index contributed by atoms with van der Waals surface area (Å²) in [5.41, 5.74) is 0.248. The summed E-state index contributed by atoms with van der Waals surface area (Å²) in [5, 5.41) is 1.73. The molecule has 0 unspecified atom stereocenters. The van der Waals surface area contributed by atoms with E-state index in [1.165, 1.54) is 18.2 Å². The van der Waals surface area contributed by atoms with E-state index in [1.54, 1.807) is 12.1 Å². The fraction of sp³-hybridized carbons (Fsp3) is 0.0556. The zero-order valence-electron chi connectivity index (χ0n) is 12.6. The molecule has 0 atom stereocenters. The van der Waals surface area contributed by atoms with Crippen molar-refractivity contribution in [1.29, 1.82) is 0 Å². The van der Waals surface area contributed by atoms with Crippen LogP contribution in [0, 0.1) is 5.82 Å². The van der Waals surface area contributed by atoms with E-state index < -0.39 is 21.6 Å². The Balaban J connectivity index is 1.77. The SMILES string of the molecule is O=C(CNS(=O)(=O)c1ccc2ccccc2c1)c1ccc(F)cc1. The lowest BCUT2D eigenvalue weighted by Crippen LogP contribution is -2.29. The summed E-state index contributed by atoms with van der Waals surface area (Å²) in [6.45, 7) is -0.388. The van der Waals surface area contributed by atoms with Crippen LogP contribution in [0.5, 0.6) is 0 Å². The van der Waals surface area contributed by atoms with Gasteiger partial charge in [-0.3, -0.25) is 4.79 Å². The molecule has 3 aromatic rings. The van der Waals surface area contributed by atoms with Crippen molar-refractivity contribution in [2.24, 2.45) is 0 Å². The van der Waals surface area contributed by atoms with Gasteiger partial charge in [0.2, 0.25) is 10.0 Å². The Morgan fingerprint density at radius 3 is 2.29 bits per heavy atom. The molecule has 0 amide bonds. The fourth-order valence-corrected chi connectivity index (χ4v) is 3.33. The Bertz CT molecular complexity index is 998. The van der Waals surface area contributed by atoms with Gasteiger partial charge in [-0.25, -0.2) is 17.5 Å². The van der Waals surface area contributed by atoms with Crippen LogP contribution in [0.1, 0.15) is 10.4 Å².